The quantitative estimate of drug-likeness (QED) is 0.807. The fourth-order valence-electron chi connectivity index (χ4n) is 2.81. The molecule has 1 aliphatic rings. The molecule has 0 aromatic heterocycles. The summed E-state index contributed by atoms with van der Waals surface area (Å²) in [5.74, 6) is -0.330. The molecular weight excluding hydrogens is 317 g/mol. The smallest absolute Gasteiger partial charge is 0.211 e. The van der Waals surface area contributed by atoms with E-state index in [1.165, 1.54) is 6.07 Å². The van der Waals surface area contributed by atoms with E-state index in [1.807, 2.05) is 17.9 Å². The van der Waals surface area contributed by atoms with Gasteiger partial charge < -0.3 is 4.90 Å². The lowest BCUT2D eigenvalue weighted by Gasteiger charge is -2.35. The fraction of sp³-hybridized carbons (Fsp3) is 0.562. The van der Waals surface area contributed by atoms with Gasteiger partial charge in [0.15, 0.2) is 0 Å². The lowest BCUT2D eigenvalue weighted by atomic mass is 10.1. The molecule has 1 aromatic carbocycles. The third-order valence-corrected chi connectivity index (χ3v) is 5.43. The van der Waals surface area contributed by atoms with Crippen LogP contribution in [0.4, 0.5) is 10.1 Å². The van der Waals surface area contributed by atoms with Gasteiger partial charge >= 0.3 is 0 Å². The molecule has 0 aliphatic carbocycles. The number of nitrogens with one attached hydrogen (secondary N) is 1. The number of rotatable bonds is 6. The van der Waals surface area contributed by atoms with Crippen molar-refractivity contribution in [2.75, 3.05) is 23.7 Å². The van der Waals surface area contributed by atoms with Crippen LogP contribution in [0.5, 0.6) is 0 Å². The molecule has 1 fully saturated rings. The van der Waals surface area contributed by atoms with Gasteiger partial charge in [-0.2, -0.15) is 5.26 Å². The normalized spacial score (nSPS) is 18.7. The van der Waals surface area contributed by atoms with E-state index in [9.17, 15) is 12.8 Å². The van der Waals surface area contributed by atoms with Gasteiger partial charge in [-0.1, -0.05) is 6.07 Å². The highest BCUT2D eigenvalue weighted by molar-refractivity contribution is 7.89. The van der Waals surface area contributed by atoms with Gasteiger partial charge in [0.1, 0.15) is 5.82 Å². The van der Waals surface area contributed by atoms with Crippen molar-refractivity contribution in [3.63, 3.8) is 0 Å². The van der Waals surface area contributed by atoms with Crippen LogP contribution in [0.25, 0.3) is 0 Å². The van der Waals surface area contributed by atoms with Gasteiger partial charge in [0.05, 0.1) is 17.5 Å². The van der Waals surface area contributed by atoms with E-state index in [1.54, 1.807) is 12.1 Å². The van der Waals surface area contributed by atoms with Crippen molar-refractivity contribution in [3.8, 4) is 6.07 Å². The minimum Gasteiger partial charge on any atom is -0.368 e. The van der Waals surface area contributed by atoms with Gasteiger partial charge in [-0.3, -0.25) is 0 Å². The Bertz CT molecular complexity index is 685. The number of anilines is 1. The number of unbranched alkanes of at least 4 members (excludes halogenated alkanes) is 1. The molecule has 7 heteroatoms. The van der Waals surface area contributed by atoms with Crippen molar-refractivity contribution in [1.82, 2.24) is 4.72 Å². The Balaban J connectivity index is 2.01. The molecule has 0 unspecified atom stereocenters. The first-order valence-electron chi connectivity index (χ1n) is 7.79. The Hall–Kier alpha value is -1.65. The van der Waals surface area contributed by atoms with Crippen LogP contribution in [0.2, 0.25) is 0 Å². The summed E-state index contributed by atoms with van der Waals surface area (Å²) in [5, 5.41) is 8.49. The Morgan fingerprint density at radius 2 is 2.26 bits per heavy atom. The summed E-state index contributed by atoms with van der Waals surface area (Å²) >= 11 is 0. The van der Waals surface area contributed by atoms with Crippen LogP contribution in [-0.4, -0.2) is 33.3 Å². The number of hydrogen-bond acceptors (Lipinski definition) is 4. The number of nitriles is 1. The van der Waals surface area contributed by atoms with Crippen molar-refractivity contribution >= 4 is 15.7 Å². The first-order chi connectivity index (χ1) is 10.9. The van der Waals surface area contributed by atoms with Crippen molar-refractivity contribution in [3.05, 3.63) is 29.6 Å². The van der Waals surface area contributed by atoms with Gasteiger partial charge in [-0.25, -0.2) is 17.5 Å². The van der Waals surface area contributed by atoms with Crippen LogP contribution in [-0.2, 0) is 10.0 Å². The maximum Gasteiger partial charge on any atom is 0.211 e. The molecule has 126 valence electrons. The average Bonchev–Trinajstić information content (AvgIpc) is 2.49. The van der Waals surface area contributed by atoms with E-state index in [-0.39, 0.29) is 24.0 Å². The topological polar surface area (TPSA) is 73.2 Å². The largest absolute Gasteiger partial charge is 0.368 e. The minimum absolute atomic E-state index is 0.0458. The van der Waals surface area contributed by atoms with Crippen LogP contribution < -0.4 is 9.62 Å². The first kappa shape index (κ1) is 17.7. The van der Waals surface area contributed by atoms with Crippen molar-refractivity contribution in [1.29, 1.82) is 5.26 Å². The standard InChI is InChI=1S/C16H22FN3O2S/c1-13-6-7-15(17)16(11-13)20-9-4-5-14(12-20)19-23(21,22)10-3-2-8-18/h6-7,11,14,19H,2-5,9-10,12H2,1H3/t14-/m1/s1. The highest BCUT2D eigenvalue weighted by Gasteiger charge is 2.25. The summed E-state index contributed by atoms with van der Waals surface area (Å²) in [6.07, 6.45) is 2.10. The second-order valence-corrected chi connectivity index (χ2v) is 7.81. The monoisotopic (exact) mass is 339 g/mol. The number of piperidine rings is 1. The molecule has 0 radical (unpaired) electrons. The molecule has 2 rings (SSSR count). The summed E-state index contributed by atoms with van der Waals surface area (Å²) in [6.45, 7) is 3.08. The van der Waals surface area contributed by atoms with Crippen LogP contribution in [0.15, 0.2) is 18.2 Å². The summed E-state index contributed by atoms with van der Waals surface area (Å²) in [7, 11) is -3.40. The maximum absolute atomic E-state index is 14.0. The molecule has 0 bridgehead atoms. The molecule has 5 nitrogen and oxygen atoms in total. The Labute approximate surface area is 137 Å². The predicted octanol–water partition coefficient (Wildman–Crippen LogP) is 2.33. The number of aryl methyl sites for hydroxylation is 1. The van der Waals surface area contributed by atoms with Crippen LogP contribution in [0.1, 0.15) is 31.2 Å². The van der Waals surface area contributed by atoms with E-state index in [0.717, 1.165) is 18.4 Å². The summed E-state index contributed by atoms with van der Waals surface area (Å²) in [5.41, 5.74) is 1.50. The molecule has 1 saturated heterocycles. The summed E-state index contributed by atoms with van der Waals surface area (Å²) in [6, 6.07) is 6.67. The Morgan fingerprint density at radius 3 is 3.00 bits per heavy atom. The van der Waals surface area contributed by atoms with Gasteiger partial charge in [0.2, 0.25) is 10.0 Å². The number of benzene rings is 1. The SMILES string of the molecule is Cc1ccc(F)c(N2CCC[C@@H](NS(=O)(=O)CCCC#N)C2)c1. The third kappa shape index (κ3) is 5.19. The van der Waals surface area contributed by atoms with Gasteiger partial charge in [-0.15, -0.1) is 0 Å². The minimum atomic E-state index is -3.40. The van der Waals surface area contributed by atoms with E-state index >= 15 is 0 Å². The van der Waals surface area contributed by atoms with Crippen molar-refractivity contribution < 1.29 is 12.8 Å². The number of halogens is 1. The first-order valence-corrected chi connectivity index (χ1v) is 9.44. The Morgan fingerprint density at radius 1 is 1.48 bits per heavy atom. The van der Waals surface area contributed by atoms with Crippen LogP contribution >= 0.6 is 0 Å². The Kier molecular flexibility index (Phi) is 5.97. The zero-order valence-electron chi connectivity index (χ0n) is 13.3. The molecule has 0 spiro atoms. The van der Waals surface area contributed by atoms with Gasteiger partial charge in [-0.05, 0) is 43.9 Å². The lowest BCUT2D eigenvalue weighted by Crippen LogP contribution is -2.48. The number of sulfonamides is 1. The van der Waals surface area contributed by atoms with Crippen molar-refractivity contribution in [2.45, 2.75) is 38.6 Å². The molecule has 0 amide bonds. The van der Waals surface area contributed by atoms with E-state index in [0.29, 0.717) is 25.2 Å². The van der Waals surface area contributed by atoms with E-state index in [4.69, 9.17) is 5.26 Å². The molecule has 0 saturated carbocycles. The molecule has 1 heterocycles. The van der Waals surface area contributed by atoms with Crippen LogP contribution in [0, 0.1) is 24.1 Å². The summed E-state index contributed by atoms with van der Waals surface area (Å²) in [4.78, 5) is 1.90. The number of nitrogens with zero attached hydrogens (tertiary/aromatic N) is 2. The highest BCUT2D eigenvalue weighted by atomic mass is 32.2. The lowest BCUT2D eigenvalue weighted by molar-refractivity contribution is 0.461. The second-order valence-electron chi connectivity index (χ2n) is 5.94. The highest BCUT2D eigenvalue weighted by Crippen LogP contribution is 2.24. The molecular formula is C16H22FN3O2S. The average molecular weight is 339 g/mol. The zero-order valence-corrected chi connectivity index (χ0v) is 14.1. The van der Waals surface area contributed by atoms with E-state index in [2.05, 4.69) is 4.72 Å². The summed E-state index contributed by atoms with van der Waals surface area (Å²) < 4.78 is 40.7. The number of hydrogen-bond donors (Lipinski definition) is 1. The second kappa shape index (κ2) is 7.75. The zero-order chi connectivity index (χ0) is 16.9. The molecule has 23 heavy (non-hydrogen) atoms. The third-order valence-electron chi connectivity index (χ3n) is 3.91. The molecule has 1 atom stereocenters. The predicted molar refractivity (Wildman–Crippen MR) is 88.1 cm³/mol. The fourth-order valence-corrected chi connectivity index (χ4v) is 4.15. The van der Waals surface area contributed by atoms with Crippen LogP contribution in [0.3, 0.4) is 0 Å². The van der Waals surface area contributed by atoms with Gasteiger partial charge in [0.25, 0.3) is 0 Å². The van der Waals surface area contributed by atoms with Gasteiger partial charge in [0, 0.05) is 25.6 Å². The molecule has 1 aromatic rings. The maximum atomic E-state index is 14.0. The van der Waals surface area contributed by atoms with E-state index < -0.39 is 10.0 Å². The molecule has 1 aliphatic heterocycles. The molecule has 1 N–H and O–H groups in total. The van der Waals surface area contributed by atoms with Crippen molar-refractivity contribution in [2.24, 2.45) is 0 Å².